The number of hydrazone groups is 1. The Morgan fingerprint density at radius 3 is 2.65 bits per heavy atom. The lowest BCUT2D eigenvalue weighted by Gasteiger charge is -2.03. The minimum atomic E-state index is -0.726. The van der Waals surface area contributed by atoms with Crippen LogP contribution in [0.25, 0.3) is 0 Å². The summed E-state index contributed by atoms with van der Waals surface area (Å²) in [6.45, 7) is 0. The molecule has 0 spiro atoms. The second kappa shape index (κ2) is 6.91. The standard InChI is InChI=1S/C13H9Cl3N4O3/c14-7-9(17)8(15)12(16)19-10(7)13(23)20-18-4-5-2-1-3-6(21)11(5)22/h1-4,21-22H,(H2,17,19)(H,20,23)/p+1/b18-4+. The van der Waals surface area contributed by atoms with E-state index < -0.39 is 5.91 Å². The Morgan fingerprint density at radius 2 is 1.96 bits per heavy atom. The summed E-state index contributed by atoms with van der Waals surface area (Å²) in [6, 6.07) is 4.29. The zero-order valence-electron chi connectivity index (χ0n) is 11.3. The molecule has 0 aliphatic carbocycles. The summed E-state index contributed by atoms with van der Waals surface area (Å²) in [7, 11) is 0. The number of nitrogens with one attached hydrogen (secondary N) is 2. The predicted molar refractivity (Wildman–Crippen MR) is 87.3 cm³/mol. The molecule has 6 N–H and O–H groups in total. The number of para-hydroxylation sites is 1. The molecule has 0 saturated heterocycles. The normalized spacial score (nSPS) is 10.9. The van der Waals surface area contributed by atoms with Crippen LogP contribution in [0.5, 0.6) is 11.5 Å². The monoisotopic (exact) mass is 375 g/mol. The van der Waals surface area contributed by atoms with E-state index in [-0.39, 0.29) is 43.6 Å². The first-order valence-corrected chi connectivity index (χ1v) is 7.16. The number of carbonyl (C=O) groups excluding carboxylic acids is 1. The SMILES string of the molecule is Nc1c(Cl)c(Cl)[nH+]c(C(=O)N/N=C/c2cccc(O)c2O)c1Cl. The zero-order valence-corrected chi connectivity index (χ0v) is 13.5. The van der Waals surface area contributed by atoms with Gasteiger partial charge >= 0.3 is 5.91 Å². The number of aromatic amines is 1. The number of pyridine rings is 1. The molecule has 0 atom stereocenters. The van der Waals surface area contributed by atoms with E-state index in [2.05, 4.69) is 15.5 Å². The van der Waals surface area contributed by atoms with Gasteiger partial charge in [-0.2, -0.15) is 10.1 Å². The molecule has 1 aromatic carbocycles. The Morgan fingerprint density at radius 1 is 1.26 bits per heavy atom. The van der Waals surface area contributed by atoms with Crippen LogP contribution in [-0.4, -0.2) is 22.3 Å². The van der Waals surface area contributed by atoms with Crippen LogP contribution < -0.4 is 16.1 Å². The number of nitrogens with zero attached hydrogens (tertiary/aromatic N) is 1. The molecule has 1 heterocycles. The number of anilines is 1. The molecule has 0 unspecified atom stereocenters. The third-order valence-electron chi connectivity index (χ3n) is 2.76. The number of amides is 1. The van der Waals surface area contributed by atoms with Gasteiger partial charge in [-0.05, 0) is 23.7 Å². The third-order valence-corrected chi connectivity index (χ3v) is 3.93. The minimum absolute atomic E-state index is 0.00130. The van der Waals surface area contributed by atoms with Gasteiger partial charge in [-0.1, -0.05) is 29.3 Å². The van der Waals surface area contributed by atoms with Gasteiger partial charge in [0.1, 0.15) is 10.0 Å². The summed E-state index contributed by atoms with van der Waals surface area (Å²) in [5.74, 6) is -1.40. The second-order valence-corrected chi connectivity index (χ2v) is 5.40. The van der Waals surface area contributed by atoms with E-state index >= 15 is 0 Å². The van der Waals surface area contributed by atoms with Crippen LogP contribution in [0.4, 0.5) is 5.69 Å². The molecule has 2 aromatic rings. The average Bonchev–Trinajstić information content (AvgIpc) is 2.52. The van der Waals surface area contributed by atoms with Crippen LogP contribution in [0, 0.1) is 0 Å². The molecule has 7 nitrogen and oxygen atoms in total. The lowest BCUT2D eigenvalue weighted by molar-refractivity contribution is -0.379. The first-order valence-electron chi connectivity index (χ1n) is 6.02. The Balaban J connectivity index is 2.20. The number of nitrogen functional groups attached to an aromatic ring is 1. The fourth-order valence-electron chi connectivity index (χ4n) is 1.59. The van der Waals surface area contributed by atoms with E-state index in [1.54, 1.807) is 0 Å². The number of phenolic OH excluding ortho intramolecular Hbond substituents is 2. The van der Waals surface area contributed by atoms with Crippen molar-refractivity contribution in [1.29, 1.82) is 0 Å². The van der Waals surface area contributed by atoms with Gasteiger partial charge in [0.15, 0.2) is 11.5 Å². The van der Waals surface area contributed by atoms with Crippen molar-refractivity contribution in [2.24, 2.45) is 5.10 Å². The molecular weight excluding hydrogens is 367 g/mol. The van der Waals surface area contributed by atoms with E-state index in [1.807, 2.05) is 0 Å². The van der Waals surface area contributed by atoms with Crippen molar-refractivity contribution in [1.82, 2.24) is 5.43 Å². The molecule has 0 fully saturated rings. The number of hydrogen-bond acceptors (Lipinski definition) is 5. The second-order valence-electron chi connectivity index (χ2n) is 4.27. The maximum Gasteiger partial charge on any atom is 0.337 e. The van der Waals surface area contributed by atoms with E-state index in [4.69, 9.17) is 40.5 Å². The molecule has 0 radical (unpaired) electrons. The highest BCUT2D eigenvalue weighted by Gasteiger charge is 2.25. The van der Waals surface area contributed by atoms with Crippen molar-refractivity contribution in [2.45, 2.75) is 0 Å². The van der Waals surface area contributed by atoms with Crippen molar-refractivity contribution in [2.75, 3.05) is 5.73 Å². The Labute approximate surface area is 145 Å². The molecule has 0 saturated carbocycles. The number of phenols is 2. The van der Waals surface area contributed by atoms with Gasteiger partial charge in [0.2, 0.25) is 0 Å². The summed E-state index contributed by atoms with van der Waals surface area (Å²) in [4.78, 5) is 14.5. The first-order chi connectivity index (χ1) is 10.8. The van der Waals surface area contributed by atoms with Crippen LogP contribution in [0.1, 0.15) is 16.1 Å². The average molecular weight is 377 g/mol. The molecule has 0 bridgehead atoms. The molecule has 1 aromatic heterocycles. The van der Waals surface area contributed by atoms with Gasteiger partial charge < -0.3 is 15.9 Å². The lowest BCUT2D eigenvalue weighted by Crippen LogP contribution is -2.28. The van der Waals surface area contributed by atoms with Crippen molar-refractivity contribution >= 4 is 52.6 Å². The summed E-state index contributed by atoms with van der Waals surface area (Å²) in [5.41, 5.74) is 7.83. The van der Waals surface area contributed by atoms with Crippen molar-refractivity contribution in [3.63, 3.8) is 0 Å². The van der Waals surface area contributed by atoms with Crippen molar-refractivity contribution < 1.29 is 20.0 Å². The molecule has 0 aliphatic rings. The van der Waals surface area contributed by atoms with E-state index in [0.29, 0.717) is 0 Å². The largest absolute Gasteiger partial charge is 0.504 e. The first kappa shape index (κ1) is 17.1. The van der Waals surface area contributed by atoms with Gasteiger partial charge in [0.25, 0.3) is 10.8 Å². The van der Waals surface area contributed by atoms with Crippen LogP contribution in [-0.2, 0) is 0 Å². The molecule has 120 valence electrons. The fraction of sp³-hybridized carbons (Fsp3) is 0. The number of rotatable bonds is 3. The van der Waals surface area contributed by atoms with Gasteiger partial charge in [0, 0.05) is 5.56 Å². The van der Waals surface area contributed by atoms with E-state index in [9.17, 15) is 15.0 Å². The van der Waals surface area contributed by atoms with E-state index in [1.165, 1.54) is 18.2 Å². The smallest absolute Gasteiger partial charge is 0.337 e. The number of halogens is 3. The summed E-state index contributed by atoms with van der Waals surface area (Å²) in [6.07, 6.45) is 1.14. The number of H-pyrrole nitrogens is 1. The summed E-state index contributed by atoms with van der Waals surface area (Å²) >= 11 is 17.5. The van der Waals surface area contributed by atoms with E-state index in [0.717, 1.165) is 6.21 Å². The third kappa shape index (κ3) is 3.58. The zero-order chi connectivity index (χ0) is 17.1. The minimum Gasteiger partial charge on any atom is -0.504 e. The molecule has 23 heavy (non-hydrogen) atoms. The lowest BCUT2D eigenvalue weighted by atomic mass is 10.2. The summed E-state index contributed by atoms with van der Waals surface area (Å²) in [5, 5.41) is 22.4. The molecule has 2 rings (SSSR count). The fourth-order valence-corrected chi connectivity index (χ4v) is 2.21. The van der Waals surface area contributed by atoms with Gasteiger partial charge in [-0.25, -0.2) is 5.43 Å². The Bertz CT molecular complexity index is 812. The maximum absolute atomic E-state index is 12.0. The topological polar surface area (TPSA) is 122 Å². The van der Waals surface area contributed by atoms with Crippen molar-refractivity contribution in [3.8, 4) is 11.5 Å². The number of aromatic hydroxyl groups is 2. The van der Waals surface area contributed by atoms with Crippen LogP contribution in [0.3, 0.4) is 0 Å². The highest BCUT2D eigenvalue weighted by molar-refractivity contribution is 6.45. The number of benzene rings is 1. The van der Waals surface area contributed by atoms with Gasteiger partial charge in [0.05, 0.1) is 11.9 Å². The number of aromatic nitrogens is 1. The Kier molecular flexibility index (Phi) is 5.15. The van der Waals surface area contributed by atoms with Gasteiger partial charge in [-0.15, -0.1) is 0 Å². The number of nitrogens with two attached hydrogens (primary N) is 1. The van der Waals surface area contributed by atoms with Crippen LogP contribution in [0.2, 0.25) is 15.2 Å². The molecule has 1 amide bonds. The van der Waals surface area contributed by atoms with Crippen LogP contribution >= 0.6 is 34.8 Å². The number of carbonyl (C=O) groups is 1. The molecular formula is C13H10Cl3N4O3+. The highest BCUT2D eigenvalue weighted by atomic mass is 35.5. The van der Waals surface area contributed by atoms with Gasteiger partial charge in [-0.3, -0.25) is 4.79 Å². The van der Waals surface area contributed by atoms with Crippen LogP contribution in [0.15, 0.2) is 23.3 Å². The number of hydrogen-bond donors (Lipinski definition) is 4. The maximum atomic E-state index is 12.0. The quantitative estimate of drug-likeness (QED) is 0.284. The molecule has 0 aliphatic heterocycles. The van der Waals surface area contributed by atoms with Crippen molar-refractivity contribution in [3.05, 3.63) is 44.7 Å². The molecule has 10 heteroatoms. The Hall–Kier alpha value is -2.22. The summed E-state index contributed by atoms with van der Waals surface area (Å²) < 4.78 is 0. The highest BCUT2D eigenvalue weighted by Crippen LogP contribution is 2.32. The predicted octanol–water partition coefficient (Wildman–Crippen LogP) is 2.22.